The number of aromatic carboxylic acids is 1. The van der Waals surface area contributed by atoms with Crippen LogP contribution in [0.4, 0.5) is 0 Å². The topological polar surface area (TPSA) is 142 Å². The third-order valence-corrected chi connectivity index (χ3v) is 3.09. The van der Waals surface area contributed by atoms with E-state index in [1.54, 1.807) is 0 Å². The second-order valence-corrected chi connectivity index (χ2v) is 4.57. The summed E-state index contributed by atoms with van der Waals surface area (Å²) in [4.78, 5) is 29.7. The Morgan fingerprint density at radius 2 is 2.00 bits per heavy atom. The lowest BCUT2D eigenvalue weighted by Gasteiger charge is -2.31. The molecule has 1 aliphatic heterocycles. The number of carbonyl (C=O) groups is 2. The van der Waals surface area contributed by atoms with Gasteiger partial charge in [0.2, 0.25) is 5.82 Å². The molecule has 2 heterocycles. The van der Waals surface area contributed by atoms with E-state index in [-0.39, 0.29) is 17.9 Å². The summed E-state index contributed by atoms with van der Waals surface area (Å²) in [5.74, 6) is -2.00. The predicted molar refractivity (Wildman–Crippen MR) is 67.7 cm³/mol. The zero-order chi connectivity index (χ0) is 15.4. The van der Waals surface area contributed by atoms with Crippen LogP contribution < -0.4 is 5.32 Å². The lowest BCUT2D eigenvalue weighted by molar-refractivity contribution is -0.132. The molecule has 0 aliphatic carbocycles. The molecule has 1 aliphatic rings. The van der Waals surface area contributed by atoms with E-state index in [9.17, 15) is 19.8 Å². The van der Waals surface area contributed by atoms with E-state index >= 15 is 0 Å². The molecule has 3 unspecified atom stereocenters. The monoisotopic (exact) mass is 297 g/mol. The van der Waals surface area contributed by atoms with Crippen LogP contribution in [-0.4, -0.2) is 68.6 Å². The Bertz CT molecular complexity index is 520. The largest absolute Gasteiger partial charge is 0.478 e. The minimum atomic E-state index is -1.19. The van der Waals surface area contributed by atoms with E-state index in [1.807, 2.05) is 0 Å². The number of ether oxygens (including phenoxy) is 1. The quantitative estimate of drug-likeness (QED) is 0.521. The van der Waals surface area contributed by atoms with Crippen LogP contribution in [0.2, 0.25) is 0 Å². The number of nitrogens with one attached hydrogen (secondary N) is 1. The van der Waals surface area contributed by atoms with Gasteiger partial charge in [0.15, 0.2) is 0 Å². The van der Waals surface area contributed by atoms with Gasteiger partial charge >= 0.3 is 5.97 Å². The first kappa shape index (κ1) is 15.3. The Hall–Kier alpha value is -2.10. The van der Waals surface area contributed by atoms with E-state index in [2.05, 4.69) is 15.3 Å². The molecule has 1 amide bonds. The van der Waals surface area contributed by atoms with Crippen LogP contribution in [-0.2, 0) is 4.74 Å². The molecule has 2 rings (SSSR count). The van der Waals surface area contributed by atoms with Gasteiger partial charge in [-0.3, -0.25) is 4.79 Å². The number of amides is 1. The lowest BCUT2D eigenvalue weighted by atomic mass is 10.0. The first-order valence-corrected chi connectivity index (χ1v) is 6.30. The second-order valence-electron chi connectivity index (χ2n) is 4.57. The fourth-order valence-corrected chi connectivity index (χ4v) is 1.87. The summed E-state index contributed by atoms with van der Waals surface area (Å²) in [7, 11) is 0. The molecule has 3 atom stereocenters. The molecule has 9 heteroatoms. The molecular weight excluding hydrogens is 282 g/mol. The molecule has 21 heavy (non-hydrogen) atoms. The van der Waals surface area contributed by atoms with Crippen LogP contribution in [0.5, 0.6) is 0 Å². The number of hydrogen-bond donors (Lipinski definition) is 4. The molecule has 1 fully saturated rings. The summed E-state index contributed by atoms with van der Waals surface area (Å²) in [6, 6.07) is 0. The highest BCUT2D eigenvalue weighted by atomic mass is 16.5. The number of carboxylic acid groups (broad SMARTS) is 1. The minimum Gasteiger partial charge on any atom is -0.478 e. The zero-order valence-corrected chi connectivity index (χ0v) is 11.0. The van der Waals surface area contributed by atoms with Gasteiger partial charge in [0.1, 0.15) is 12.2 Å². The first-order chi connectivity index (χ1) is 9.99. The number of aliphatic hydroxyl groups excluding tert-OH is 2. The van der Waals surface area contributed by atoms with Gasteiger partial charge in [-0.15, -0.1) is 0 Å². The first-order valence-electron chi connectivity index (χ1n) is 6.30. The van der Waals surface area contributed by atoms with Crippen LogP contribution >= 0.6 is 0 Å². The molecule has 4 N–H and O–H groups in total. The SMILES string of the molecule is O=C(O)c1cnc(C(=O)NCC2OCCC(O)C2O)nc1. The fourth-order valence-electron chi connectivity index (χ4n) is 1.87. The highest BCUT2D eigenvalue weighted by Crippen LogP contribution is 2.14. The number of nitrogens with zero attached hydrogens (tertiary/aromatic N) is 2. The van der Waals surface area contributed by atoms with Gasteiger partial charge in [-0.25, -0.2) is 14.8 Å². The number of carbonyl (C=O) groups excluding carboxylic acids is 1. The summed E-state index contributed by atoms with van der Waals surface area (Å²) < 4.78 is 5.25. The minimum absolute atomic E-state index is 0.0128. The Kier molecular flexibility index (Phi) is 4.78. The molecular formula is C12H15N3O6. The van der Waals surface area contributed by atoms with Gasteiger partial charge in [-0.05, 0) is 6.42 Å². The van der Waals surface area contributed by atoms with E-state index in [4.69, 9.17) is 9.84 Å². The highest BCUT2D eigenvalue weighted by Gasteiger charge is 2.31. The maximum Gasteiger partial charge on any atom is 0.338 e. The maximum absolute atomic E-state index is 11.8. The number of aliphatic hydroxyl groups is 2. The Balaban J connectivity index is 1.91. The van der Waals surface area contributed by atoms with Crippen LogP contribution in [0, 0.1) is 0 Å². The summed E-state index contributed by atoms with van der Waals surface area (Å²) in [6.07, 6.45) is -0.275. The van der Waals surface area contributed by atoms with Crippen LogP contribution in [0.3, 0.4) is 0 Å². The molecule has 1 aromatic heterocycles. The lowest BCUT2D eigenvalue weighted by Crippen LogP contribution is -2.50. The molecule has 0 radical (unpaired) electrons. The van der Waals surface area contributed by atoms with Crippen LogP contribution in [0.25, 0.3) is 0 Å². The van der Waals surface area contributed by atoms with Crippen molar-refractivity contribution < 1.29 is 29.6 Å². The Morgan fingerprint density at radius 1 is 1.33 bits per heavy atom. The molecule has 0 bridgehead atoms. The molecule has 0 aromatic carbocycles. The summed E-state index contributed by atoms with van der Waals surface area (Å²) in [6.45, 7) is 0.281. The van der Waals surface area contributed by atoms with Gasteiger partial charge in [0.25, 0.3) is 5.91 Å². The molecule has 0 spiro atoms. The number of rotatable bonds is 4. The number of aromatic nitrogens is 2. The van der Waals surface area contributed by atoms with Crippen molar-refractivity contribution in [1.82, 2.24) is 15.3 Å². The van der Waals surface area contributed by atoms with Crippen molar-refractivity contribution in [3.05, 3.63) is 23.8 Å². The van der Waals surface area contributed by atoms with Gasteiger partial charge in [-0.2, -0.15) is 0 Å². The summed E-state index contributed by atoms with van der Waals surface area (Å²) >= 11 is 0. The number of carboxylic acids is 1. The van der Waals surface area contributed by atoms with Gasteiger partial charge in [0.05, 0.1) is 11.7 Å². The van der Waals surface area contributed by atoms with E-state index in [1.165, 1.54) is 0 Å². The van der Waals surface area contributed by atoms with E-state index < -0.39 is 30.2 Å². The van der Waals surface area contributed by atoms with Gasteiger partial charge < -0.3 is 25.4 Å². The van der Waals surface area contributed by atoms with Crippen molar-refractivity contribution in [2.45, 2.75) is 24.7 Å². The zero-order valence-electron chi connectivity index (χ0n) is 11.0. The molecule has 1 saturated heterocycles. The second kappa shape index (κ2) is 6.57. The predicted octanol–water partition coefficient (Wildman–Crippen LogP) is -1.58. The van der Waals surface area contributed by atoms with Crippen LogP contribution in [0.15, 0.2) is 12.4 Å². The fraction of sp³-hybridized carbons (Fsp3) is 0.500. The average molecular weight is 297 g/mol. The average Bonchev–Trinajstić information content (AvgIpc) is 2.48. The van der Waals surface area contributed by atoms with Crippen molar-refractivity contribution in [3.8, 4) is 0 Å². The Labute approximate surface area is 119 Å². The standard InChI is InChI=1S/C12H15N3O6/c16-7-1-2-21-8(9(7)17)5-15-11(18)10-13-3-6(4-14-10)12(19)20/h3-4,7-9,16-17H,1-2,5H2,(H,15,18)(H,19,20). The summed E-state index contributed by atoms with van der Waals surface area (Å²) in [5.41, 5.74) is -0.124. The Morgan fingerprint density at radius 3 is 2.62 bits per heavy atom. The van der Waals surface area contributed by atoms with Crippen molar-refractivity contribution in [2.24, 2.45) is 0 Å². The van der Waals surface area contributed by atoms with Crippen LogP contribution in [0.1, 0.15) is 27.4 Å². The third kappa shape index (κ3) is 3.72. The van der Waals surface area contributed by atoms with Gasteiger partial charge in [-0.1, -0.05) is 0 Å². The van der Waals surface area contributed by atoms with Crippen molar-refractivity contribution >= 4 is 11.9 Å². The normalized spacial score (nSPS) is 25.3. The molecule has 1 aromatic rings. The van der Waals surface area contributed by atoms with Crippen molar-refractivity contribution in [2.75, 3.05) is 13.2 Å². The number of hydrogen-bond acceptors (Lipinski definition) is 7. The molecule has 9 nitrogen and oxygen atoms in total. The highest BCUT2D eigenvalue weighted by molar-refractivity contribution is 5.91. The van der Waals surface area contributed by atoms with Crippen molar-refractivity contribution in [1.29, 1.82) is 0 Å². The maximum atomic E-state index is 11.8. The third-order valence-electron chi connectivity index (χ3n) is 3.09. The smallest absolute Gasteiger partial charge is 0.338 e. The molecule has 0 saturated carbocycles. The molecule has 114 valence electrons. The van der Waals surface area contributed by atoms with Gasteiger partial charge in [0, 0.05) is 25.5 Å². The van der Waals surface area contributed by atoms with Crippen molar-refractivity contribution in [3.63, 3.8) is 0 Å². The van der Waals surface area contributed by atoms with E-state index in [0.717, 1.165) is 12.4 Å². The van der Waals surface area contributed by atoms with E-state index in [0.29, 0.717) is 13.0 Å². The summed E-state index contributed by atoms with van der Waals surface area (Å²) in [5, 5.41) is 30.3.